The normalized spacial score (nSPS) is 11.0. The molecule has 3 aromatic rings. The summed E-state index contributed by atoms with van der Waals surface area (Å²) in [6, 6.07) is 14.9. The van der Waals surface area contributed by atoms with Gasteiger partial charge in [-0.15, -0.1) is 11.3 Å². The van der Waals surface area contributed by atoms with E-state index in [2.05, 4.69) is 17.1 Å². The first-order chi connectivity index (χ1) is 11.1. The number of rotatable bonds is 4. The summed E-state index contributed by atoms with van der Waals surface area (Å²) in [5.74, 6) is 0. The summed E-state index contributed by atoms with van der Waals surface area (Å²) in [7, 11) is 0. The van der Waals surface area contributed by atoms with Crippen LogP contribution in [0.4, 0.5) is 5.69 Å². The predicted octanol–water partition coefficient (Wildman–Crippen LogP) is 5.20. The zero-order valence-electron chi connectivity index (χ0n) is 12.5. The van der Waals surface area contributed by atoms with Crippen molar-refractivity contribution in [1.29, 1.82) is 0 Å². The van der Waals surface area contributed by atoms with Crippen molar-refractivity contribution in [2.75, 3.05) is 0 Å². The van der Waals surface area contributed by atoms with Crippen LogP contribution in [0.2, 0.25) is 0 Å². The Kier molecular flexibility index (Phi) is 4.30. The van der Waals surface area contributed by atoms with Gasteiger partial charge >= 0.3 is 0 Å². The van der Waals surface area contributed by atoms with Gasteiger partial charge in [-0.1, -0.05) is 42.0 Å². The van der Waals surface area contributed by atoms with E-state index in [9.17, 15) is 10.1 Å². The van der Waals surface area contributed by atoms with Crippen LogP contribution in [0, 0.1) is 17.0 Å². The van der Waals surface area contributed by atoms with Crippen molar-refractivity contribution >= 4 is 29.2 Å². The lowest BCUT2D eigenvalue weighted by Gasteiger charge is -1.97. The molecule has 0 fully saturated rings. The Balaban J connectivity index is 1.84. The molecule has 0 aliphatic heterocycles. The number of hydrogen-bond acceptors (Lipinski definition) is 4. The highest BCUT2D eigenvalue weighted by atomic mass is 32.1. The fourth-order valence-corrected chi connectivity index (χ4v) is 2.90. The summed E-state index contributed by atoms with van der Waals surface area (Å²) in [6.45, 7) is 2.05. The van der Waals surface area contributed by atoms with Crippen LogP contribution in [0.5, 0.6) is 0 Å². The molecular formula is C18H14N2O2S. The van der Waals surface area contributed by atoms with Crippen molar-refractivity contribution in [2.24, 2.45) is 0 Å². The second-order valence-electron chi connectivity index (χ2n) is 5.09. The number of thiazole rings is 1. The van der Waals surface area contributed by atoms with Gasteiger partial charge in [-0.2, -0.15) is 0 Å². The standard InChI is InChI=1S/C18H14N2O2S/c1-13-6-8-14(9-7-13)16-12-23-18(19-16)11-10-15-4-2-3-5-17(15)20(21)22/h2-12H,1H3. The summed E-state index contributed by atoms with van der Waals surface area (Å²) in [4.78, 5) is 15.2. The Morgan fingerprint density at radius 3 is 2.57 bits per heavy atom. The monoisotopic (exact) mass is 322 g/mol. The molecule has 0 aliphatic rings. The summed E-state index contributed by atoms with van der Waals surface area (Å²) >= 11 is 1.51. The number of benzene rings is 2. The maximum atomic E-state index is 11.0. The summed E-state index contributed by atoms with van der Waals surface area (Å²) in [5.41, 5.74) is 3.86. The highest BCUT2D eigenvalue weighted by Crippen LogP contribution is 2.25. The zero-order valence-corrected chi connectivity index (χ0v) is 13.3. The van der Waals surface area contributed by atoms with E-state index in [-0.39, 0.29) is 10.6 Å². The van der Waals surface area contributed by atoms with E-state index in [0.29, 0.717) is 5.56 Å². The number of nitro benzene ring substituents is 1. The number of aryl methyl sites for hydroxylation is 1. The first-order valence-electron chi connectivity index (χ1n) is 7.07. The lowest BCUT2D eigenvalue weighted by Crippen LogP contribution is -1.90. The molecule has 114 valence electrons. The van der Waals surface area contributed by atoms with Crippen molar-refractivity contribution in [3.63, 3.8) is 0 Å². The second-order valence-corrected chi connectivity index (χ2v) is 5.98. The molecule has 0 unspecified atom stereocenters. The minimum atomic E-state index is -0.376. The van der Waals surface area contributed by atoms with Crippen LogP contribution in [0.25, 0.3) is 23.4 Å². The highest BCUT2D eigenvalue weighted by Gasteiger charge is 2.09. The number of nitrogens with zero attached hydrogens (tertiary/aromatic N) is 2. The summed E-state index contributed by atoms with van der Waals surface area (Å²) < 4.78 is 0. The van der Waals surface area contributed by atoms with Gasteiger partial charge in [0.2, 0.25) is 0 Å². The third kappa shape index (κ3) is 3.52. The van der Waals surface area contributed by atoms with E-state index >= 15 is 0 Å². The van der Waals surface area contributed by atoms with E-state index in [1.807, 2.05) is 30.5 Å². The first-order valence-corrected chi connectivity index (χ1v) is 7.95. The Labute approximate surface area is 137 Å². The van der Waals surface area contributed by atoms with Gasteiger partial charge in [0.1, 0.15) is 5.01 Å². The Bertz CT molecular complexity index is 867. The molecule has 0 spiro atoms. The van der Waals surface area contributed by atoms with Gasteiger partial charge in [0, 0.05) is 17.0 Å². The second kappa shape index (κ2) is 6.54. The Morgan fingerprint density at radius 2 is 1.83 bits per heavy atom. The SMILES string of the molecule is Cc1ccc(-c2csc(C=Cc3ccccc3[N+](=O)[O-])n2)cc1. The fourth-order valence-electron chi connectivity index (χ4n) is 2.18. The molecule has 3 rings (SSSR count). The first kappa shape index (κ1) is 15.1. The van der Waals surface area contributed by atoms with E-state index in [4.69, 9.17) is 0 Å². The molecule has 1 aromatic heterocycles. The molecule has 4 nitrogen and oxygen atoms in total. The van der Waals surface area contributed by atoms with Crippen molar-refractivity contribution < 1.29 is 4.92 Å². The zero-order chi connectivity index (χ0) is 16.2. The van der Waals surface area contributed by atoms with E-state index in [1.165, 1.54) is 23.0 Å². The van der Waals surface area contributed by atoms with E-state index < -0.39 is 0 Å². The molecule has 0 amide bonds. The number of aromatic nitrogens is 1. The van der Waals surface area contributed by atoms with Gasteiger partial charge in [0.25, 0.3) is 5.69 Å². The van der Waals surface area contributed by atoms with Crippen LogP contribution in [-0.2, 0) is 0 Å². The van der Waals surface area contributed by atoms with Crippen LogP contribution >= 0.6 is 11.3 Å². The molecule has 5 heteroatoms. The summed E-state index contributed by atoms with van der Waals surface area (Å²) in [6.07, 6.45) is 3.54. The van der Waals surface area contributed by atoms with Crippen LogP contribution in [-0.4, -0.2) is 9.91 Å². The third-order valence-electron chi connectivity index (χ3n) is 3.41. The molecule has 0 saturated carbocycles. The predicted molar refractivity (Wildman–Crippen MR) is 94.3 cm³/mol. The van der Waals surface area contributed by atoms with Gasteiger partial charge in [0.05, 0.1) is 16.2 Å². The number of para-hydroxylation sites is 1. The lowest BCUT2D eigenvalue weighted by molar-refractivity contribution is -0.385. The largest absolute Gasteiger partial charge is 0.276 e. The number of hydrogen-bond donors (Lipinski definition) is 0. The molecule has 1 heterocycles. The van der Waals surface area contributed by atoms with Crippen molar-refractivity contribution in [2.45, 2.75) is 6.92 Å². The fraction of sp³-hybridized carbons (Fsp3) is 0.0556. The molecular weight excluding hydrogens is 308 g/mol. The molecule has 2 aromatic carbocycles. The molecule has 0 atom stereocenters. The maximum absolute atomic E-state index is 11.0. The minimum Gasteiger partial charge on any atom is -0.258 e. The Morgan fingerprint density at radius 1 is 1.09 bits per heavy atom. The maximum Gasteiger partial charge on any atom is 0.276 e. The van der Waals surface area contributed by atoms with Crippen molar-refractivity contribution in [1.82, 2.24) is 4.98 Å². The van der Waals surface area contributed by atoms with Gasteiger partial charge in [-0.25, -0.2) is 4.98 Å². The van der Waals surface area contributed by atoms with Crippen LogP contribution in [0.15, 0.2) is 53.9 Å². The minimum absolute atomic E-state index is 0.0964. The molecule has 23 heavy (non-hydrogen) atoms. The van der Waals surface area contributed by atoms with Crippen molar-refractivity contribution in [3.05, 3.63) is 80.2 Å². The molecule has 0 radical (unpaired) electrons. The van der Waals surface area contributed by atoms with Crippen LogP contribution in [0.1, 0.15) is 16.1 Å². The molecule has 0 bridgehead atoms. The van der Waals surface area contributed by atoms with Gasteiger partial charge < -0.3 is 0 Å². The van der Waals surface area contributed by atoms with Gasteiger partial charge in [-0.05, 0) is 25.1 Å². The van der Waals surface area contributed by atoms with E-state index in [1.54, 1.807) is 24.3 Å². The van der Waals surface area contributed by atoms with E-state index in [0.717, 1.165) is 16.3 Å². The quantitative estimate of drug-likeness (QED) is 0.490. The smallest absolute Gasteiger partial charge is 0.258 e. The average molecular weight is 322 g/mol. The van der Waals surface area contributed by atoms with Crippen LogP contribution < -0.4 is 0 Å². The van der Waals surface area contributed by atoms with Gasteiger partial charge in [0.15, 0.2) is 0 Å². The molecule has 0 N–H and O–H groups in total. The third-order valence-corrected chi connectivity index (χ3v) is 4.22. The van der Waals surface area contributed by atoms with Crippen molar-refractivity contribution in [3.8, 4) is 11.3 Å². The van der Waals surface area contributed by atoms with Crippen LogP contribution in [0.3, 0.4) is 0 Å². The topological polar surface area (TPSA) is 56.0 Å². The van der Waals surface area contributed by atoms with Gasteiger partial charge in [-0.3, -0.25) is 10.1 Å². The molecule has 0 saturated heterocycles. The molecule has 0 aliphatic carbocycles. The number of nitro groups is 1. The lowest BCUT2D eigenvalue weighted by atomic mass is 10.1. The average Bonchev–Trinajstić information content (AvgIpc) is 3.03. The summed E-state index contributed by atoms with van der Waals surface area (Å²) in [5, 5.41) is 13.8. The highest BCUT2D eigenvalue weighted by molar-refractivity contribution is 7.10. The Hall–Kier alpha value is -2.79.